The number of nitrogens with zero attached hydrogens (tertiary/aromatic N) is 2. The largest absolute Gasteiger partial charge is 0.420 e. The number of halogens is 8. The highest BCUT2D eigenvalue weighted by molar-refractivity contribution is 7.27. The van der Waals surface area contributed by atoms with Gasteiger partial charge in [0.1, 0.15) is 17.2 Å². The van der Waals surface area contributed by atoms with Crippen molar-refractivity contribution in [1.82, 2.24) is 9.13 Å². The molecule has 0 aliphatic carbocycles. The summed E-state index contributed by atoms with van der Waals surface area (Å²) in [4.78, 5) is 0. The second kappa shape index (κ2) is 14.5. The van der Waals surface area contributed by atoms with Crippen LogP contribution in [-0.4, -0.2) is 9.13 Å². The lowest BCUT2D eigenvalue weighted by molar-refractivity contribution is -0.140. The van der Waals surface area contributed by atoms with E-state index >= 15 is 35.1 Å². The fourth-order valence-electron chi connectivity index (χ4n) is 10.5. The number of alkyl halides is 6. The highest BCUT2D eigenvalue weighted by Gasteiger charge is 2.49. The Labute approximate surface area is 387 Å². The van der Waals surface area contributed by atoms with E-state index in [1.54, 1.807) is 72.8 Å². The fourth-order valence-corrected chi connectivity index (χ4v) is 13.0. The summed E-state index contributed by atoms with van der Waals surface area (Å²) in [6.07, 6.45) is -11.0. The molecule has 0 spiro atoms. The van der Waals surface area contributed by atoms with Crippen molar-refractivity contribution in [2.45, 2.75) is 12.4 Å². The van der Waals surface area contributed by atoms with Gasteiger partial charge < -0.3 is 9.13 Å². The van der Waals surface area contributed by atoms with Gasteiger partial charge in [-0.1, -0.05) is 121 Å². The van der Waals surface area contributed by atoms with Crippen molar-refractivity contribution in [3.05, 3.63) is 193 Å². The molecule has 0 aliphatic rings. The van der Waals surface area contributed by atoms with Crippen LogP contribution in [0, 0.1) is 11.6 Å². The fraction of sp³-hybridized carbons (Fsp3) is 0.0357. The Bertz CT molecular complexity index is 4020. The van der Waals surface area contributed by atoms with Crippen molar-refractivity contribution < 1.29 is 35.1 Å². The first-order valence-corrected chi connectivity index (χ1v) is 23.1. The summed E-state index contributed by atoms with van der Waals surface area (Å²) in [5.74, 6) is -2.40. The third-order valence-corrected chi connectivity index (χ3v) is 15.5. The van der Waals surface area contributed by atoms with Crippen molar-refractivity contribution >= 4 is 107 Å². The lowest BCUT2D eigenvalue weighted by Crippen LogP contribution is -2.23. The molecule has 2 nitrogen and oxygen atoms in total. The van der Waals surface area contributed by atoms with Crippen LogP contribution < -0.4 is 0 Å². The molecule has 9 aromatic carbocycles. The van der Waals surface area contributed by atoms with Gasteiger partial charge in [0.2, 0.25) is 0 Å². The molecule has 0 aliphatic heterocycles. The number of hydrogen-bond donors (Lipinski definition) is 0. The number of hydrogen-bond acceptors (Lipinski definition) is 2. The Kier molecular flexibility index (Phi) is 8.67. The van der Waals surface area contributed by atoms with Crippen molar-refractivity contribution in [2.24, 2.45) is 0 Å². The van der Waals surface area contributed by atoms with Crippen LogP contribution in [0.4, 0.5) is 35.1 Å². The molecule has 13 rings (SSSR count). The average Bonchev–Trinajstić information content (AvgIpc) is 4.08. The molecule has 0 unspecified atom stereocenters. The van der Waals surface area contributed by atoms with Crippen LogP contribution in [0.25, 0.3) is 118 Å². The first kappa shape index (κ1) is 40.7. The Morgan fingerprint density at radius 2 is 0.706 bits per heavy atom. The molecule has 0 saturated heterocycles. The number of aromatic nitrogens is 2. The third kappa shape index (κ3) is 5.67. The maximum Gasteiger partial charge on any atom is 0.420 e. The number of thiophene rings is 2. The summed E-state index contributed by atoms with van der Waals surface area (Å²) >= 11 is 2.84. The molecule has 0 amide bonds. The summed E-state index contributed by atoms with van der Waals surface area (Å²) in [6.45, 7) is 0. The van der Waals surface area contributed by atoms with Crippen molar-refractivity contribution in [2.75, 3.05) is 0 Å². The molecular weight excluding hydrogens is 917 g/mol. The number of benzene rings is 9. The molecule has 330 valence electrons. The van der Waals surface area contributed by atoms with Crippen LogP contribution in [0.15, 0.2) is 170 Å². The number of rotatable bonds is 4. The van der Waals surface area contributed by atoms with E-state index in [0.717, 1.165) is 55.2 Å². The smallest absolute Gasteiger partial charge is 0.308 e. The van der Waals surface area contributed by atoms with E-state index in [4.69, 9.17) is 0 Å². The van der Waals surface area contributed by atoms with Crippen LogP contribution in [0.1, 0.15) is 11.1 Å². The average molecular weight is 945 g/mol. The lowest BCUT2D eigenvalue weighted by Gasteiger charge is -2.31. The predicted molar refractivity (Wildman–Crippen MR) is 262 cm³/mol. The summed E-state index contributed by atoms with van der Waals surface area (Å²) < 4.78 is 142. The zero-order chi connectivity index (χ0) is 46.4. The van der Waals surface area contributed by atoms with Gasteiger partial charge in [-0.05, 0) is 48.5 Å². The quantitative estimate of drug-likeness (QED) is 0.156. The highest BCUT2D eigenvalue weighted by atomic mass is 32.1. The molecule has 0 atom stereocenters. The van der Waals surface area contributed by atoms with Crippen LogP contribution in [-0.2, 0) is 12.4 Å². The normalized spacial score (nSPS) is 12.7. The first-order chi connectivity index (χ1) is 32.9. The Morgan fingerprint density at radius 3 is 1.12 bits per heavy atom. The molecule has 0 fully saturated rings. The zero-order valence-electron chi connectivity index (χ0n) is 34.9. The molecule has 12 heteroatoms. The molecule has 13 aromatic rings. The van der Waals surface area contributed by atoms with E-state index in [1.807, 2.05) is 48.5 Å². The molecular formula is C56H28F8N2S2. The van der Waals surface area contributed by atoms with E-state index in [0.29, 0.717) is 30.9 Å². The van der Waals surface area contributed by atoms with E-state index in [2.05, 4.69) is 0 Å². The van der Waals surface area contributed by atoms with Crippen LogP contribution >= 0.6 is 22.7 Å². The van der Waals surface area contributed by atoms with Crippen molar-refractivity contribution in [1.29, 1.82) is 0 Å². The molecule has 0 bridgehead atoms. The third-order valence-electron chi connectivity index (χ3n) is 13.1. The SMILES string of the molecule is Fc1ccccc1-c1c(-n2c3ccccc3c3c4sc5ccccc5c4ccc32)c(C(F)(F)F)c(-n2c3ccccc3c3c4sc5ccccc5c4ccc32)c(-c2ccccc2F)c1C(F)(F)F. The Hall–Kier alpha value is -7.54. The second-order valence-electron chi connectivity index (χ2n) is 16.7. The Morgan fingerprint density at radius 1 is 0.338 bits per heavy atom. The van der Waals surface area contributed by atoms with E-state index in [1.165, 1.54) is 56.1 Å². The topological polar surface area (TPSA) is 9.86 Å². The van der Waals surface area contributed by atoms with Crippen LogP contribution in [0.5, 0.6) is 0 Å². The van der Waals surface area contributed by atoms with Crippen LogP contribution in [0.2, 0.25) is 0 Å². The molecule has 68 heavy (non-hydrogen) atoms. The minimum Gasteiger partial charge on any atom is -0.308 e. The van der Waals surface area contributed by atoms with Crippen molar-refractivity contribution in [3.63, 3.8) is 0 Å². The zero-order valence-corrected chi connectivity index (χ0v) is 36.5. The van der Waals surface area contributed by atoms with Crippen molar-refractivity contribution in [3.8, 4) is 33.6 Å². The van der Waals surface area contributed by atoms with Gasteiger partial charge in [0.05, 0.1) is 39.0 Å². The molecule has 4 heterocycles. The molecule has 0 saturated carbocycles. The maximum absolute atomic E-state index is 17.4. The van der Waals surface area contributed by atoms with E-state index in [9.17, 15) is 0 Å². The Balaban J connectivity index is 1.35. The van der Waals surface area contributed by atoms with E-state index < -0.39 is 68.7 Å². The maximum atomic E-state index is 17.4. The molecule has 0 radical (unpaired) electrons. The monoisotopic (exact) mass is 944 g/mol. The van der Waals surface area contributed by atoms with Gasteiger partial charge in [-0.3, -0.25) is 0 Å². The minimum absolute atomic E-state index is 0.155. The standard InChI is InChI=1S/C56H28F8N2S2/c57-37-19-7-1-15-33(37)47-49(55(59,60)61)48(34-16-2-8-20-38(34)58)52(66-40-22-10-4-18-36(40)46-42(66)28-26-32-30-14-6-12-24-44(30)68-54(32)46)50(56(62,63)64)51(47)65-39-21-9-3-17-35(39)45-41(65)27-25-31-29-13-5-11-23-43(29)67-53(31)45/h1-28H. The van der Waals surface area contributed by atoms with Gasteiger partial charge in [0, 0.05) is 84.1 Å². The molecule has 4 aromatic heterocycles. The number of para-hydroxylation sites is 2. The number of fused-ring (bicyclic) bond motifs is 14. The van der Waals surface area contributed by atoms with Crippen LogP contribution in [0.3, 0.4) is 0 Å². The van der Waals surface area contributed by atoms with E-state index in [-0.39, 0.29) is 22.1 Å². The summed E-state index contributed by atoms with van der Waals surface area (Å²) in [6, 6.07) is 44.3. The predicted octanol–water partition coefficient (Wildman–Crippen LogP) is 18.3. The van der Waals surface area contributed by atoms with Gasteiger partial charge in [-0.25, -0.2) is 8.78 Å². The summed E-state index contributed by atoms with van der Waals surface area (Å²) in [7, 11) is 0. The minimum atomic E-state index is -5.52. The van der Waals surface area contributed by atoms with Gasteiger partial charge >= 0.3 is 12.4 Å². The highest BCUT2D eigenvalue weighted by Crippen LogP contribution is 2.58. The summed E-state index contributed by atoms with van der Waals surface area (Å²) in [5, 5.41) is 5.43. The lowest BCUT2D eigenvalue weighted by atomic mass is 9.84. The second-order valence-corrected chi connectivity index (χ2v) is 18.8. The van der Waals surface area contributed by atoms with Gasteiger partial charge in [-0.2, -0.15) is 26.3 Å². The molecule has 0 N–H and O–H groups in total. The first-order valence-electron chi connectivity index (χ1n) is 21.5. The van der Waals surface area contributed by atoms with Gasteiger partial charge in [0.25, 0.3) is 0 Å². The van der Waals surface area contributed by atoms with Gasteiger partial charge in [0.15, 0.2) is 0 Å². The summed E-state index contributed by atoms with van der Waals surface area (Å²) in [5.41, 5.74) is -8.07. The van der Waals surface area contributed by atoms with Gasteiger partial charge in [-0.15, -0.1) is 22.7 Å².